The van der Waals surface area contributed by atoms with Gasteiger partial charge in [-0.3, -0.25) is 14.4 Å². The number of nitrogens with one attached hydrogen (secondary N) is 2. The van der Waals surface area contributed by atoms with Crippen LogP contribution in [0.5, 0.6) is 0 Å². The number of hydrogen-bond donors (Lipinski definition) is 2. The van der Waals surface area contributed by atoms with Crippen LogP contribution >= 0.6 is 34.8 Å². The van der Waals surface area contributed by atoms with Gasteiger partial charge in [0.05, 0.1) is 33.8 Å². The van der Waals surface area contributed by atoms with Crippen LogP contribution < -0.4 is 10.6 Å². The third-order valence-electron chi connectivity index (χ3n) is 6.79. The number of carbonyl (C=O) groups is 3. The molecule has 2 atom stereocenters. The van der Waals surface area contributed by atoms with Crippen molar-refractivity contribution in [3.63, 3.8) is 0 Å². The Morgan fingerprint density at radius 2 is 1.64 bits per heavy atom. The molecule has 3 aromatic carbocycles. The molecule has 0 radical (unpaired) electrons. The van der Waals surface area contributed by atoms with Crippen LogP contribution in [0.1, 0.15) is 45.8 Å². The van der Waals surface area contributed by atoms with E-state index in [1.807, 2.05) is 0 Å². The first-order valence-electron chi connectivity index (χ1n) is 12.6. The van der Waals surface area contributed by atoms with Gasteiger partial charge in [0.2, 0.25) is 5.91 Å². The molecule has 0 saturated heterocycles. The maximum absolute atomic E-state index is 15.0. The summed E-state index contributed by atoms with van der Waals surface area (Å²) in [7, 11) is 0. The van der Waals surface area contributed by atoms with Crippen molar-refractivity contribution >= 4 is 63.8 Å². The molecule has 0 spiro atoms. The molecule has 2 amide bonds. The van der Waals surface area contributed by atoms with Crippen LogP contribution in [-0.2, 0) is 22.2 Å². The maximum atomic E-state index is 15.0. The Morgan fingerprint density at radius 1 is 0.955 bits per heavy atom. The molecule has 44 heavy (non-hydrogen) atoms. The van der Waals surface area contributed by atoms with Crippen molar-refractivity contribution in [2.24, 2.45) is 5.92 Å². The van der Waals surface area contributed by atoms with Crippen LogP contribution in [0, 0.1) is 34.7 Å². The number of benzene rings is 3. The summed E-state index contributed by atoms with van der Waals surface area (Å²) in [5, 5.41) is 13.1. The molecule has 1 saturated carbocycles. The molecule has 1 fully saturated rings. The van der Waals surface area contributed by atoms with E-state index in [0.29, 0.717) is 12.1 Å². The highest BCUT2D eigenvalue weighted by molar-refractivity contribution is 6.53. The number of halogens is 9. The first kappa shape index (κ1) is 33.1. The molecule has 0 aromatic heterocycles. The molecule has 4 rings (SSSR count). The topological polar surface area (TPSA) is 99.1 Å². The summed E-state index contributed by atoms with van der Waals surface area (Å²) in [6.45, 7) is 0. The lowest BCUT2D eigenvalue weighted by molar-refractivity contribution is -0.140. The number of nitrogens with zero attached hydrogens (tertiary/aromatic N) is 1. The summed E-state index contributed by atoms with van der Waals surface area (Å²) in [4.78, 5) is 37.9. The summed E-state index contributed by atoms with van der Waals surface area (Å²) < 4.78 is 80.7. The Labute approximate surface area is 260 Å². The molecule has 0 aliphatic heterocycles. The van der Waals surface area contributed by atoms with Crippen LogP contribution in [0.25, 0.3) is 0 Å². The number of alkyl halides is 5. The summed E-state index contributed by atoms with van der Waals surface area (Å²) in [6.07, 6.45) is -5.99. The van der Waals surface area contributed by atoms with Gasteiger partial charge in [-0.2, -0.15) is 18.4 Å². The van der Waals surface area contributed by atoms with E-state index in [2.05, 4.69) is 10.6 Å². The Morgan fingerprint density at radius 3 is 2.30 bits per heavy atom. The van der Waals surface area contributed by atoms with Crippen molar-refractivity contribution in [1.29, 1.82) is 5.26 Å². The zero-order valence-electron chi connectivity index (χ0n) is 22.0. The molecule has 0 heterocycles. The van der Waals surface area contributed by atoms with Crippen molar-refractivity contribution in [3.8, 4) is 6.07 Å². The van der Waals surface area contributed by atoms with Crippen LogP contribution in [0.4, 0.5) is 37.7 Å². The molecular formula is C29H18Cl3F6N3O3. The van der Waals surface area contributed by atoms with Crippen molar-refractivity contribution in [1.82, 2.24) is 0 Å². The average molecular weight is 677 g/mol. The smallest absolute Gasteiger partial charge is 0.326 e. The molecule has 1 aliphatic rings. The molecule has 3 aromatic rings. The van der Waals surface area contributed by atoms with Crippen molar-refractivity contribution in [2.75, 3.05) is 10.6 Å². The van der Waals surface area contributed by atoms with Gasteiger partial charge in [-0.15, -0.1) is 23.2 Å². The van der Waals surface area contributed by atoms with Gasteiger partial charge in [0.25, 0.3) is 5.91 Å². The van der Waals surface area contributed by atoms with Gasteiger partial charge in [-0.25, -0.2) is 13.2 Å². The highest BCUT2D eigenvalue weighted by Crippen LogP contribution is 2.65. The lowest BCUT2D eigenvalue weighted by Crippen LogP contribution is -2.19. The van der Waals surface area contributed by atoms with E-state index in [0.717, 1.165) is 24.3 Å². The predicted molar refractivity (Wildman–Crippen MR) is 150 cm³/mol. The van der Waals surface area contributed by atoms with Gasteiger partial charge >= 0.3 is 6.18 Å². The second-order valence-corrected chi connectivity index (χ2v) is 11.6. The van der Waals surface area contributed by atoms with E-state index in [1.165, 1.54) is 12.1 Å². The van der Waals surface area contributed by atoms with E-state index in [9.17, 15) is 36.3 Å². The Kier molecular flexibility index (Phi) is 9.54. The van der Waals surface area contributed by atoms with Gasteiger partial charge in [-0.1, -0.05) is 17.7 Å². The normalized spacial score (nSPS) is 17.0. The van der Waals surface area contributed by atoms with Gasteiger partial charge in [0.1, 0.15) is 21.8 Å². The van der Waals surface area contributed by atoms with Gasteiger partial charge in [-0.05, 0) is 48.0 Å². The van der Waals surface area contributed by atoms with Crippen LogP contribution in [0.3, 0.4) is 0 Å². The minimum Gasteiger partial charge on any atom is -0.326 e. The van der Waals surface area contributed by atoms with Crippen molar-refractivity contribution < 1.29 is 40.7 Å². The fraction of sp³-hybridized carbons (Fsp3) is 0.241. The summed E-state index contributed by atoms with van der Waals surface area (Å²) >= 11 is 18.6. The molecule has 1 aliphatic carbocycles. The highest BCUT2D eigenvalue weighted by Gasteiger charge is 2.67. The standard InChI is InChI=1S/C29H18Cl3F6N3O3/c30-19-5-4-14(40-27(44)24-23(28(24,31)32)13-3-6-21(34)18(10-13)29(36,37)38)11-16(19)26(43)41-22-8-7-20(33)17(25(22)35)12-15(42)2-1-9-39/h3-8,10-11,23-24H,1-2,12H2,(H,40,44)(H,41,43)/t23-,24+/m0/s1. The van der Waals surface area contributed by atoms with Gasteiger partial charge in [0, 0.05) is 36.4 Å². The number of Topliss-reactive ketones (excluding diaryl/α,β-unsaturated/α-hetero) is 1. The zero-order chi connectivity index (χ0) is 32.6. The Balaban J connectivity index is 1.51. The molecule has 230 valence electrons. The number of hydrogen-bond acceptors (Lipinski definition) is 4. The lowest BCUT2D eigenvalue weighted by Gasteiger charge is -2.13. The summed E-state index contributed by atoms with van der Waals surface area (Å²) in [5.74, 6) is -8.52. The first-order valence-corrected chi connectivity index (χ1v) is 13.7. The first-order chi connectivity index (χ1) is 20.6. The summed E-state index contributed by atoms with van der Waals surface area (Å²) in [5.41, 5.74) is -3.02. The van der Waals surface area contributed by atoms with Gasteiger partial charge in [0.15, 0.2) is 5.82 Å². The molecule has 6 nitrogen and oxygen atoms in total. The van der Waals surface area contributed by atoms with E-state index >= 15 is 4.39 Å². The van der Waals surface area contributed by atoms with E-state index in [4.69, 9.17) is 40.1 Å². The van der Waals surface area contributed by atoms with E-state index in [1.54, 1.807) is 6.07 Å². The maximum Gasteiger partial charge on any atom is 0.419 e. The Bertz CT molecular complexity index is 1710. The highest BCUT2D eigenvalue weighted by atomic mass is 35.5. The quantitative estimate of drug-likeness (QED) is 0.177. The number of nitriles is 1. The zero-order valence-corrected chi connectivity index (χ0v) is 24.2. The van der Waals surface area contributed by atoms with Crippen molar-refractivity contribution in [2.45, 2.75) is 35.7 Å². The van der Waals surface area contributed by atoms with Crippen LogP contribution in [0.2, 0.25) is 5.02 Å². The number of amides is 2. The van der Waals surface area contributed by atoms with Gasteiger partial charge < -0.3 is 10.6 Å². The fourth-order valence-electron chi connectivity index (χ4n) is 4.55. The summed E-state index contributed by atoms with van der Waals surface area (Å²) in [6, 6.07) is 9.32. The van der Waals surface area contributed by atoms with Crippen LogP contribution in [-0.4, -0.2) is 21.9 Å². The third-order valence-corrected chi connectivity index (χ3v) is 8.06. The third kappa shape index (κ3) is 6.96. The minimum absolute atomic E-state index is 0.0159. The number of ketones is 1. The van der Waals surface area contributed by atoms with Crippen LogP contribution in [0.15, 0.2) is 48.5 Å². The van der Waals surface area contributed by atoms with E-state index in [-0.39, 0.29) is 34.7 Å². The molecule has 15 heteroatoms. The minimum atomic E-state index is -5.00. The SMILES string of the molecule is N#CCCC(=O)Cc1c(F)ccc(NC(=O)c2cc(NC(=O)[C@H]3[C@H](c4ccc(F)c(C(F)(F)F)c4)C3(Cl)Cl)ccc2Cl)c1F. The molecule has 2 N–H and O–H groups in total. The Hall–Kier alpha value is -3.79. The fourth-order valence-corrected chi connectivity index (χ4v) is 5.58. The lowest BCUT2D eigenvalue weighted by atomic mass is 10.0. The number of rotatable bonds is 9. The monoisotopic (exact) mass is 675 g/mol. The predicted octanol–water partition coefficient (Wildman–Crippen LogP) is 7.97. The van der Waals surface area contributed by atoms with E-state index < -0.39 is 80.6 Å². The van der Waals surface area contributed by atoms with Crippen molar-refractivity contribution in [3.05, 3.63) is 93.3 Å². The largest absolute Gasteiger partial charge is 0.419 e. The second kappa shape index (κ2) is 12.7. The second-order valence-electron chi connectivity index (χ2n) is 9.77. The number of anilines is 2. The average Bonchev–Trinajstić information content (AvgIpc) is 3.53. The molecule has 0 bridgehead atoms. The molecular weight excluding hydrogens is 659 g/mol. The number of carbonyl (C=O) groups excluding carboxylic acids is 3. The molecule has 0 unspecified atom stereocenters.